The van der Waals surface area contributed by atoms with Gasteiger partial charge in [-0.2, -0.15) is 4.31 Å². The fourth-order valence-corrected chi connectivity index (χ4v) is 6.31. The number of hydrogen-bond acceptors (Lipinski definition) is 4. The number of halogens is 1. The van der Waals surface area contributed by atoms with Crippen molar-refractivity contribution >= 4 is 37.3 Å². The molecule has 1 N–H and O–H groups in total. The fourth-order valence-electron chi connectivity index (χ4n) is 3.20. The Morgan fingerprint density at radius 1 is 0.893 bits per heavy atom. The van der Waals surface area contributed by atoms with E-state index in [4.69, 9.17) is 11.6 Å². The molecular weight excluding hydrogens is 420 g/mol. The topological polar surface area (TPSA) is 83.5 Å². The molecule has 0 aromatic heterocycles. The van der Waals surface area contributed by atoms with Crippen molar-refractivity contribution in [1.82, 2.24) is 4.31 Å². The quantitative estimate of drug-likeness (QED) is 0.760. The van der Waals surface area contributed by atoms with E-state index in [0.717, 1.165) is 19.3 Å². The second-order valence-corrected chi connectivity index (χ2v) is 11.0. The summed E-state index contributed by atoms with van der Waals surface area (Å²) in [5.41, 5.74) is 1.49. The van der Waals surface area contributed by atoms with E-state index in [1.54, 1.807) is 19.9 Å². The highest BCUT2D eigenvalue weighted by atomic mass is 35.5. The van der Waals surface area contributed by atoms with Crippen LogP contribution in [0.2, 0.25) is 5.02 Å². The number of nitrogens with one attached hydrogen (secondary N) is 1. The monoisotopic (exact) mass is 442 g/mol. The van der Waals surface area contributed by atoms with Gasteiger partial charge in [-0.1, -0.05) is 18.0 Å². The minimum atomic E-state index is -3.82. The van der Waals surface area contributed by atoms with E-state index in [9.17, 15) is 16.8 Å². The van der Waals surface area contributed by atoms with Crippen LogP contribution in [0.1, 0.15) is 30.4 Å². The van der Waals surface area contributed by atoms with Gasteiger partial charge < -0.3 is 0 Å². The van der Waals surface area contributed by atoms with Crippen molar-refractivity contribution < 1.29 is 16.8 Å². The molecular formula is C19H23ClN2O4S2. The van der Waals surface area contributed by atoms with Gasteiger partial charge in [0.15, 0.2) is 0 Å². The number of benzene rings is 2. The number of anilines is 1. The third-order valence-electron chi connectivity index (χ3n) is 4.81. The van der Waals surface area contributed by atoms with Crippen LogP contribution in [-0.2, 0) is 20.0 Å². The van der Waals surface area contributed by atoms with Gasteiger partial charge in [-0.05, 0) is 74.2 Å². The van der Waals surface area contributed by atoms with Gasteiger partial charge in [-0.3, -0.25) is 4.72 Å². The summed E-state index contributed by atoms with van der Waals surface area (Å²) in [7, 11) is -7.37. The molecule has 2 aromatic carbocycles. The van der Waals surface area contributed by atoms with Gasteiger partial charge in [0, 0.05) is 23.8 Å². The van der Waals surface area contributed by atoms with Crippen molar-refractivity contribution in [3.05, 3.63) is 52.5 Å². The normalized spacial score (nSPS) is 16.1. The average Bonchev–Trinajstić information content (AvgIpc) is 2.65. The Morgan fingerprint density at radius 3 is 2.11 bits per heavy atom. The van der Waals surface area contributed by atoms with Gasteiger partial charge >= 0.3 is 0 Å². The van der Waals surface area contributed by atoms with E-state index >= 15 is 0 Å². The van der Waals surface area contributed by atoms with Crippen LogP contribution in [0.15, 0.2) is 46.2 Å². The van der Waals surface area contributed by atoms with Crippen LogP contribution in [0.3, 0.4) is 0 Å². The van der Waals surface area contributed by atoms with Gasteiger partial charge in [-0.15, -0.1) is 0 Å². The lowest BCUT2D eigenvalue weighted by Gasteiger charge is -2.25. The maximum atomic E-state index is 12.7. The molecule has 0 radical (unpaired) electrons. The predicted octanol–water partition coefficient (Wildman–Crippen LogP) is 3.93. The number of aryl methyl sites for hydroxylation is 2. The first-order valence-electron chi connectivity index (χ1n) is 9.01. The van der Waals surface area contributed by atoms with Crippen LogP contribution in [0, 0.1) is 13.8 Å². The lowest BCUT2D eigenvalue weighted by molar-refractivity contribution is 0.346. The van der Waals surface area contributed by atoms with Crippen molar-refractivity contribution in [1.29, 1.82) is 0 Å². The maximum Gasteiger partial charge on any atom is 0.262 e. The van der Waals surface area contributed by atoms with E-state index in [1.165, 1.54) is 34.6 Å². The molecule has 6 nitrogen and oxygen atoms in total. The highest BCUT2D eigenvalue weighted by Gasteiger charge is 2.26. The number of piperidine rings is 1. The van der Waals surface area contributed by atoms with Crippen molar-refractivity contribution in [2.24, 2.45) is 0 Å². The van der Waals surface area contributed by atoms with Crippen molar-refractivity contribution in [2.45, 2.75) is 42.9 Å². The standard InChI is InChI=1S/C19H23ClN2O4S2/c1-14-13-19(15(2)12-18(14)20)27(23,24)21-16-6-8-17(9-7-16)28(25,26)22-10-4-3-5-11-22/h6-9,12-13,21H,3-5,10-11H2,1-2H3. The Balaban J connectivity index is 1.83. The zero-order chi connectivity index (χ0) is 20.5. The minimum absolute atomic E-state index is 0.138. The zero-order valence-electron chi connectivity index (χ0n) is 15.8. The third-order valence-corrected chi connectivity index (χ3v) is 8.65. The molecule has 3 rings (SSSR count). The summed E-state index contributed by atoms with van der Waals surface area (Å²) < 4.78 is 54.8. The van der Waals surface area contributed by atoms with Gasteiger partial charge in [0.05, 0.1) is 9.79 Å². The average molecular weight is 443 g/mol. The summed E-state index contributed by atoms with van der Waals surface area (Å²) in [6.45, 7) is 4.45. The molecule has 0 amide bonds. The molecule has 0 bridgehead atoms. The van der Waals surface area contributed by atoms with Crippen LogP contribution in [-0.4, -0.2) is 34.2 Å². The molecule has 0 spiro atoms. The van der Waals surface area contributed by atoms with Gasteiger partial charge in [0.2, 0.25) is 10.0 Å². The Hall–Kier alpha value is -1.61. The smallest absolute Gasteiger partial charge is 0.262 e. The largest absolute Gasteiger partial charge is 0.280 e. The Bertz CT molecular complexity index is 1080. The summed E-state index contributed by atoms with van der Waals surface area (Å²) in [5.74, 6) is 0. The van der Waals surface area contributed by atoms with Gasteiger partial charge in [-0.25, -0.2) is 16.8 Å². The van der Waals surface area contributed by atoms with Crippen LogP contribution in [0.5, 0.6) is 0 Å². The summed E-state index contributed by atoms with van der Waals surface area (Å²) in [5, 5.41) is 0.503. The van der Waals surface area contributed by atoms with E-state index in [-0.39, 0.29) is 9.79 Å². The first-order chi connectivity index (χ1) is 13.1. The highest BCUT2D eigenvalue weighted by molar-refractivity contribution is 7.92. The summed E-state index contributed by atoms with van der Waals surface area (Å²) >= 11 is 6.04. The van der Waals surface area contributed by atoms with Crippen LogP contribution < -0.4 is 4.72 Å². The summed E-state index contributed by atoms with van der Waals surface area (Å²) in [6, 6.07) is 8.93. The number of sulfonamides is 2. The molecule has 1 aliphatic rings. The van der Waals surface area contributed by atoms with Crippen molar-refractivity contribution in [3.8, 4) is 0 Å². The first kappa shape index (κ1) is 21.1. The molecule has 0 aliphatic carbocycles. The first-order valence-corrected chi connectivity index (χ1v) is 12.3. The van der Waals surface area contributed by atoms with E-state index in [2.05, 4.69) is 4.72 Å². The maximum absolute atomic E-state index is 12.7. The Kier molecular flexibility index (Phi) is 6.05. The molecule has 1 saturated heterocycles. The molecule has 1 aliphatic heterocycles. The summed E-state index contributed by atoms with van der Waals surface area (Å²) in [6.07, 6.45) is 2.75. The third kappa shape index (κ3) is 4.35. The van der Waals surface area contributed by atoms with Crippen LogP contribution in [0.25, 0.3) is 0 Å². The Labute approximate surface area is 171 Å². The predicted molar refractivity (Wildman–Crippen MR) is 111 cm³/mol. The minimum Gasteiger partial charge on any atom is -0.280 e. The molecule has 152 valence electrons. The van der Waals surface area contributed by atoms with Crippen molar-refractivity contribution in [3.63, 3.8) is 0 Å². The number of hydrogen-bond donors (Lipinski definition) is 1. The van der Waals surface area contributed by atoms with E-state index < -0.39 is 20.0 Å². The van der Waals surface area contributed by atoms with Crippen molar-refractivity contribution in [2.75, 3.05) is 17.8 Å². The second-order valence-electron chi connectivity index (χ2n) is 6.96. The van der Waals surface area contributed by atoms with E-state index in [1.807, 2.05) is 0 Å². The SMILES string of the molecule is Cc1cc(S(=O)(=O)Nc2ccc(S(=O)(=O)N3CCCCC3)cc2)c(C)cc1Cl. The summed E-state index contributed by atoms with van der Waals surface area (Å²) in [4.78, 5) is 0.301. The van der Waals surface area contributed by atoms with Crippen LogP contribution in [0.4, 0.5) is 5.69 Å². The highest BCUT2D eigenvalue weighted by Crippen LogP contribution is 2.27. The number of nitrogens with zero attached hydrogens (tertiary/aromatic N) is 1. The molecule has 28 heavy (non-hydrogen) atoms. The molecule has 0 atom stereocenters. The molecule has 2 aromatic rings. The fraction of sp³-hybridized carbons (Fsp3) is 0.368. The number of rotatable bonds is 5. The Morgan fingerprint density at radius 2 is 1.50 bits per heavy atom. The lowest BCUT2D eigenvalue weighted by atomic mass is 10.2. The van der Waals surface area contributed by atoms with Gasteiger partial charge in [0.1, 0.15) is 0 Å². The molecule has 0 unspecified atom stereocenters. The molecule has 1 heterocycles. The lowest BCUT2D eigenvalue weighted by Crippen LogP contribution is -2.35. The van der Waals surface area contributed by atoms with E-state index in [0.29, 0.717) is 34.9 Å². The second kappa shape index (κ2) is 8.02. The zero-order valence-corrected chi connectivity index (χ0v) is 18.2. The van der Waals surface area contributed by atoms with Gasteiger partial charge in [0.25, 0.3) is 10.0 Å². The molecule has 0 saturated carbocycles. The molecule has 9 heteroatoms. The van der Waals surface area contributed by atoms with Crippen LogP contribution >= 0.6 is 11.6 Å². The molecule has 1 fully saturated rings.